The maximum absolute atomic E-state index is 3.89. The average Bonchev–Trinajstić information content (AvgIpc) is 1.76. The van der Waals surface area contributed by atoms with E-state index in [0.717, 1.165) is 12.5 Å². The van der Waals surface area contributed by atoms with Gasteiger partial charge in [-0.2, -0.15) is 4.72 Å². The zero-order valence-electron chi connectivity index (χ0n) is 2.77. The molecule has 1 aliphatic heterocycles. The lowest BCUT2D eigenvalue weighted by molar-refractivity contribution is 0.812. The fraction of sp³-hybridized carbons (Fsp3) is 1.00. The lowest BCUT2D eigenvalue weighted by Crippen LogP contribution is -2.06. The summed E-state index contributed by atoms with van der Waals surface area (Å²) in [5.74, 6) is 1.00. The maximum Gasteiger partial charge on any atom is 0.0755 e. The van der Waals surface area contributed by atoms with Crippen LogP contribution in [-0.4, -0.2) is 12.5 Å². The highest BCUT2D eigenvalue weighted by atomic mass is 32.2. The zero-order valence-corrected chi connectivity index (χ0v) is 3.59. The second kappa shape index (κ2) is 1.64. The van der Waals surface area contributed by atoms with Crippen LogP contribution in [0.5, 0.6) is 0 Å². The van der Waals surface area contributed by atoms with Gasteiger partial charge in [0.05, 0.1) is 12.5 Å². The molecule has 1 fully saturated rings. The monoisotopic (exact) mass is 89.0 g/mol. The van der Waals surface area contributed by atoms with E-state index in [4.69, 9.17) is 0 Å². The molecule has 0 bridgehead atoms. The van der Waals surface area contributed by atoms with Crippen molar-refractivity contribution in [3.63, 3.8) is 0 Å². The summed E-state index contributed by atoms with van der Waals surface area (Å²) in [6.07, 6.45) is 0. The Morgan fingerprint density at radius 3 is 3.00 bits per heavy atom. The fourth-order valence-corrected chi connectivity index (χ4v) is 0.685. The van der Waals surface area contributed by atoms with Crippen LogP contribution < -0.4 is 10.0 Å². The van der Waals surface area contributed by atoms with Crippen molar-refractivity contribution in [2.24, 2.45) is 0 Å². The first kappa shape index (κ1) is 3.46. The van der Waals surface area contributed by atoms with Crippen molar-refractivity contribution in [2.75, 3.05) is 12.5 Å². The minimum absolute atomic E-state index is 0.838. The Morgan fingerprint density at radius 2 is 2.80 bits per heavy atom. The Kier molecular flexibility index (Phi) is 1.14. The van der Waals surface area contributed by atoms with E-state index in [0.29, 0.717) is 0 Å². The van der Waals surface area contributed by atoms with Crippen LogP contribution in [0, 0.1) is 0 Å². The second-order valence-corrected chi connectivity index (χ2v) is 1.62. The molecule has 0 spiro atoms. The van der Waals surface area contributed by atoms with Crippen molar-refractivity contribution >= 4 is 11.9 Å². The Balaban J connectivity index is 2.08. The molecule has 29 valence electrons. The lowest BCUT2D eigenvalue weighted by Gasteiger charge is -1.72. The van der Waals surface area contributed by atoms with Gasteiger partial charge < -0.3 is 0 Å². The smallest absolute Gasteiger partial charge is 0.0755 e. The van der Waals surface area contributed by atoms with E-state index in [-0.39, 0.29) is 0 Å². The molecule has 1 radical (unpaired) electrons. The molecule has 0 aromatic rings. The van der Waals surface area contributed by atoms with Gasteiger partial charge in [0.2, 0.25) is 0 Å². The van der Waals surface area contributed by atoms with Crippen LogP contribution >= 0.6 is 11.9 Å². The van der Waals surface area contributed by atoms with Crippen LogP contribution in [0.4, 0.5) is 0 Å². The molecule has 0 unspecified atom stereocenters. The molecule has 0 saturated carbocycles. The minimum Gasteiger partial charge on any atom is -0.292 e. The number of nitrogens with one attached hydrogen (secondary N) is 1. The Bertz CT molecular complexity index is 19.2. The van der Waals surface area contributed by atoms with E-state index < -0.39 is 0 Å². The predicted molar refractivity (Wildman–Crippen MR) is 22.6 cm³/mol. The highest BCUT2D eigenvalue weighted by Gasteiger charge is 1.94. The largest absolute Gasteiger partial charge is 0.292 e. The van der Waals surface area contributed by atoms with E-state index in [1.807, 2.05) is 0 Å². The summed E-state index contributed by atoms with van der Waals surface area (Å²) in [4.78, 5) is 0. The lowest BCUT2D eigenvalue weighted by atomic mass is 11.1. The third kappa shape index (κ3) is 0.792. The highest BCUT2D eigenvalue weighted by molar-refractivity contribution is 7.97. The third-order valence-corrected chi connectivity index (χ3v) is 1.08. The summed E-state index contributed by atoms with van der Waals surface area (Å²) < 4.78 is 3.89. The van der Waals surface area contributed by atoms with Gasteiger partial charge in [0.25, 0.3) is 0 Å². The van der Waals surface area contributed by atoms with Crippen molar-refractivity contribution < 1.29 is 0 Å². The van der Waals surface area contributed by atoms with Gasteiger partial charge in [-0.25, -0.2) is 0 Å². The Hall–Kier alpha value is 0.270. The van der Waals surface area contributed by atoms with E-state index in [1.165, 1.54) is 0 Å². The summed E-state index contributed by atoms with van der Waals surface area (Å²) in [5.41, 5.74) is 0. The normalized spacial score (nSPS) is 24.0. The molecule has 0 amide bonds. The molecule has 0 atom stereocenters. The van der Waals surface area contributed by atoms with Gasteiger partial charge in [0.15, 0.2) is 0 Å². The van der Waals surface area contributed by atoms with Crippen molar-refractivity contribution in [3.05, 3.63) is 0 Å². The van der Waals surface area contributed by atoms with Crippen LogP contribution in [-0.2, 0) is 0 Å². The maximum atomic E-state index is 3.89. The molecular weight excluding hydrogens is 84.1 g/mol. The van der Waals surface area contributed by atoms with Crippen LogP contribution in [0.15, 0.2) is 0 Å². The van der Waals surface area contributed by atoms with Crippen LogP contribution in [0.3, 0.4) is 0 Å². The first-order valence-corrected chi connectivity index (χ1v) is 2.44. The van der Waals surface area contributed by atoms with Crippen molar-refractivity contribution in [2.45, 2.75) is 0 Å². The molecule has 5 heavy (non-hydrogen) atoms. The quantitative estimate of drug-likeness (QED) is 0.414. The topological polar surface area (TPSA) is 26.1 Å². The van der Waals surface area contributed by atoms with Crippen molar-refractivity contribution in [1.29, 1.82) is 0 Å². The summed E-state index contributed by atoms with van der Waals surface area (Å²) in [6, 6.07) is 0. The minimum atomic E-state index is 0.838. The van der Waals surface area contributed by atoms with E-state index in [2.05, 4.69) is 10.0 Å². The molecule has 1 rings (SSSR count). The number of nitrogens with zero attached hydrogens (tertiary/aromatic N) is 1. The summed E-state index contributed by atoms with van der Waals surface area (Å²) in [6.45, 7) is 0.838. The summed E-state index contributed by atoms with van der Waals surface area (Å²) in [5, 5.41) is 3.02. The summed E-state index contributed by atoms with van der Waals surface area (Å²) >= 11 is 1.59. The highest BCUT2D eigenvalue weighted by Crippen LogP contribution is 1.94. The predicted octanol–water partition coefficient (Wildman–Crippen LogP) is -0.243. The number of rotatable bonds is 0. The molecule has 1 N–H and O–H groups in total. The van der Waals surface area contributed by atoms with Gasteiger partial charge in [0, 0.05) is 0 Å². The average molecular weight is 89.1 g/mol. The molecule has 3 heteroatoms. The number of hydrogen-bond acceptors (Lipinski definition) is 2. The van der Waals surface area contributed by atoms with Gasteiger partial charge in [-0.15, -0.1) is 0 Å². The van der Waals surface area contributed by atoms with E-state index in [9.17, 15) is 0 Å². The Morgan fingerprint density at radius 1 is 1.80 bits per heavy atom. The Labute approximate surface area is 35.5 Å². The fourth-order valence-electron chi connectivity index (χ4n) is 0.228. The SMILES string of the molecule is C1[N]SCN1. The summed E-state index contributed by atoms with van der Waals surface area (Å²) in [7, 11) is 0. The molecule has 0 aromatic heterocycles. The van der Waals surface area contributed by atoms with Gasteiger partial charge >= 0.3 is 0 Å². The molecular formula is C2H5N2S. The van der Waals surface area contributed by atoms with Gasteiger partial charge in [0.1, 0.15) is 0 Å². The molecule has 2 nitrogen and oxygen atoms in total. The first-order chi connectivity index (χ1) is 2.50. The van der Waals surface area contributed by atoms with Gasteiger partial charge in [-0.05, 0) is 11.9 Å². The third-order valence-electron chi connectivity index (χ3n) is 0.434. The molecule has 1 saturated heterocycles. The van der Waals surface area contributed by atoms with Crippen molar-refractivity contribution in [1.82, 2.24) is 10.0 Å². The van der Waals surface area contributed by atoms with E-state index >= 15 is 0 Å². The molecule has 0 aliphatic carbocycles. The van der Waals surface area contributed by atoms with Crippen LogP contribution in [0.25, 0.3) is 0 Å². The second-order valence-electron chi connectivity index (χ2n) is 0.811. The van der Waals surface area contributed by atoms with Gasteiger partial charge in [-0.1, -0.05) is 0 Å². The molecule has 0 aromatic carbocycles. The zero-order chi connectivity index (χ0) is 3.54. The van der Waals surface area contributed by atoms with Gasteiger partial charge in [-0.3, -0.25) is 5.32 Å². The van der Waals surface area contributed by atoms with Crippen LogP contribution in [0.1, 0.15) is 0 Å². The molecule has 1 heterocycles. The van der Waals surface area contributed by atoms with E-state index in [1.54, 1.807) is 11.9 Å². The molecule has 1 aliphatic rings. The van der Waals surface area contributed by atoms with Crippen LogP contribution in [0.2, 0.25) is 0 Å². The number of hydrogen-bond donors (Lipinski definition) is 1. The van der Waals surface area contributed by atoms with Crippen molar-refractivity contribution in [3.8, 4) is 0 Å². The first-order valence-electron chi connectivity index (χ1n) is 1.49. The standard InChI is InChI=1S/C2H5N2S/c1-3-2-5-4-1/h3H,1-2H2.